The maximum atomic E-state index is 13.4. The van der Waals surface area contributed by atoms with Gasteiger partial charge >= 0.3 is 0 Å². The van der Waals surface area contributed by atoms with Crippen molar-refractivity contribution >= 4 is 39.1 Å². The Balaban J connectivity index is 1.47. The molecule has 4 aromatic rings. The Morgan fingerprint density at radius 2 is 1.88 bits per heavy atom. The number of fused-ring (bicyclic) bond motifs is 1. The van der Waals surface area contributed by atoms with Crippen LogP contribution in [0, 0.1) is 5.82 Å². The van der Waals surface area contributed by atoms with E-state index in [0.717, 1.165) is 36.3 Å². The second-order valence-electron chi connectivity index (χ2n) is 7.50. The number of nitrogens with one attached hydrogen (secondary N) is 2. The number of halogens is 1. The molecule has 1 fully saturated rings. The minimum absolute atomic E-state index is 0.118. The second-order valence-corrected chi connectivity index (χ2v) is 9.18. The number of anilines is 2. The number of rotatable bonds is 7. The van der Waals surface area contributed by atoms with Crippen molar-refractivity contribution in [2.45, 2.75) is 23.8 Å². The lowest BCUT2D eigenvalue weighted by Gasteiger charge is -2.16. The molecule has 0 bridgehead atoms. The Morgan fingerprint density at radius 1 is 1.09 bits per heavy atom. The molecule has 8 nitrogen and oxygen atoms in total. The van der Waals surface area contributed by atoms with Crippen LogP contribution in [0.15, 0.2) is 65.7 Å². The first-order valence-electron chi connectivity index (χ1n) is 9.92. The number of nitrogens with zero attached hydrogens (tertiary/aromatic N) is 3. The number of benzene rings is 2. The van der Waals surface area contributed by atoms with Crippen LogP contribution in [0.3, 0.4) is 0 Å². The van der Waals surface area contributed by atoms with Gasteiger partial charge in [0.15, 0.2) is 0 Å². The Bertz CT molecular complexity index is 1420. The molecule has 0 saturated heterocycles. The van der Waals surface area contributed by atoms with Crippen molar-refractivity contribution in [3.8, 4) is 11.3 Å². The van der Waals surface area contributed by atoms with Crippen LogP contribution in [0.25, 0.3) is 22.3 Å². The van der Waals surface area contributed by atoms with Crippen LogP contribution in [-0.4, -0.2) is 35.8 Å². The summed E-state index contributed by atoms with van der Waals surface area (Å²) in [5.74, 6) is -0.308. The van der Waals surface area contributed by atoms with Gasteiger partial charge in [0.05, 0.1) is 10.6 Å². The molecule has 0 aliphatic heterocycles. The average Bonchev–Trinajstić information content (AvgIpc) is 3.50. The minimum atomic E-state index is -3.93. The van der Waals surface area contributed by atoms with E-state index in [0.29, 0.717) is 23.0 Å². The summed E-state index contributed by atoms with van der Waals surface area (Å²) in [6.07, 6.45) is 4.33. The minimum Gasteiger partial charge on any atom is -0.346 e. The maximum absolute atomic E-state index is 13.4. The van der Waals surface area contributed by atoms with Crippen molar-refractivity contribution in [1.82, 2.24) is 15.0 Å². The van der Waals surface area contributed by atoms with Crippen molar-refractivity contribution in [1.29, 1.82) is 0 Å². The summed E-state index contributed by atoms with van der Waals surface area (Å²) in [6, 6.07) is 13.4. The second kappa shape index (κ2) is 7.72. The summed E-state index contributed by atoms with van der Waals surface area (Å²) in [7, 11) is -3.93. The molecular formula is C22H18FN5O3S. The zero-order chi connectivity index (χ0) is 22.3. The molecule has 2 heterocycles. The molecule has 0 spiro atoms. The number of carbonyl (C=O) groups is 1. The first-order chi connectivity index (χ1) is 15.4. The monoisotopic (exact) mass is 451 g/mol. The van der Waals surface area contributed by atoms with E-state index in [-0.39, 0.29) is 10.9 Å². The fourth-order valence-electron chi connectivity index (χ4n) is 3.46. The van der Waals surface area contributed by atoms with Gasteiger partial charge in [-0.05, 0) is 49.2 Å². The quantitative estimate of drug-likeness (QED) is 0.417. The average molecular weight is 451 g/mol. The molecule has 2 N–H and O–H groups in total. The third kappa shape index (κ3) is 3.80. The van der Waals surface area contributed by atoms with E-state index in [1.54, 1.807) is 30.5 Å². The van der Waals surface area contributed by atoms with Crippen molar-refractivity contribution in [3.05, 3.63) is 66.6 Å². The molecule has 1 amide bonds. The zero-order valence-electron chi connectivity index (χ0n) is 16.7. The van der Waals surface area contributed by atoms with E-state index in [9.17, 15) is 17.6 Å². The summed E-state index contributed by atoms with van der Waals surface area (Å²) in [4.78, 5) is 25.1. The van der Waals surface area contributed by atoms with Crippen LogP contribution in [0.1, 0.15) is 12.8 Å². The van der Waals surface area contributed by atoms with Crippen LogP contribution in [0.5, 0.6) is 0 Å². The molecule has 0 unspecified atom stereocenters. The first kappa shape index (κ1) is 20.1. The number of hydrogen-bond donors (Lipinski definition) is 2. The van der Waals surface area contributed by atoms with Gasteiger partial charge in [-0.15, -0.1) is 0 Å². The van der Waals surface area contributed by atoms with Crippen LogP contribution in [-0.2, 0) is 14.8 Å². The SMILES string of the molecule is O=CN(c1nc(-c2ccc(NS(=O)(=O)c3cccc(F)c3)cc2)c2cc[nH]c2n1)C1CC1. The Labute approximate surface area is 183 Å². The van der Waals surface area contributed by atoms with Crippen LogP contribution in [0.2, 0.25) is 0 Å². The van der Waals surface area contributed by atoms with Gasteiger partial charge in [0.1, 0.15) is 11.5 Å². The van der Waals surface area contributed by atoms with Gasteiger partial charge in [-0.3, -0.25) is 14.4 Å². The highest BCUT2D eigenvalue weighted by Gasteiger charge is 2.31. The first-order valence-corrected chi connectivity index (χ1v) is 11.4. The molecule has 2 aromatic carbocycles. The largest absolute Gasteiger partial charge is 0.346 e. The zero-order valence-corrected chi connectivity index (χ0v) is 17.5. The standard InChI is InChI=1S/C22H18FN5O3S/c23-15-2-1-3-18(12-15)32(30,31)27-16-6-4-14(5-7-16)20-19-10-11-24-21(19)26-22(25-20)28(13-29)17-8-9-17/h1-7,10-13,17,27H,8-9H2,(H,24,25,26). The number of carbonyl (C=O) groups excluding carboxylic acids is 1. The number of aromatic nitrogens is 3. The molecule has 1 aliphatic rings. The fraction of sp³-hybridized carbons (Fsp3) is 0.136. The third-order valence-corrected chi connectivity index (χ3v) is 6.58. The fourth-order valence-corrected chi connectivity index (χ4v) is 4.55. The number of aromatic amines is 1. The third-order valence-electron chi connectivity index (χ3n) is 5.21. The number of amides is 1. The molecule has 32 heavy (non-hydrogen) atoms. The molecule has 0 atom stereocenters. The van der Waals surface area contributed by atoms with Gasteiger partial charge in [0.2, 0.25) is 12.4 Å². The molecule has 1 aliphatic carbocycles. The number of H-pyrrole nitrogens is 1. The molecular weight excluding hydrogens is 433 g/mol. The van der Waals surface area contributed by atoms with Gasteiger partial charge in [0, 0.05) is 28.9 Å². The predicted octanol–water partition coefficient (Wildman–Crippen LogP) is 3.69. The number of sulfonamides is 1. The van der Waals surface area contributed by atoms with Crippen LogP contribution >= 0.6 is 0 Å². The molecule has 10 heteroatoms. The normalized spacial score (nSPS) is 13.8. The summed E-state index contributed by atoms with van der Waals surface area (Å²) >= 11 is 0. The van der Waals surface area contributed by atoms with E-state index < -0.39 is 15.8 Å². The van der Waals surface area contributed by atoms with E-state index in [4.69, 9.17) is 0 Å². The summed E-state index contributed by atoms with van der Waals surface area (Å²) in [5.41, 5.74) is 2.28. The highest BCUT2D eigenvalue weighted by atomic mass is 32.2. The lowest BCUT2D eigenvalue weighted by atomic mass is 10.1. The van der Waals surface area contributed by atoms with E-state index in [2.05, 4.69) is 19.7 Å². The van der Waals surface area contributed by atoms with Gasteiger partial charge in [-0.1, -0.05) is 18.2 Å². The smallest absolute Gasteiger partial charge is 0.261 e. The lowest BCUT2D eigenvalue weighted by molar-refractivity contribution is -0.107. The van der Waals surface area contributed by atoms with Gasteiger partial charge in [0.25, 0.3) is 10.0 Å². The number of hydrogen-bond acceptors (Lipinski definition) is 5. The van der Waals surface area contributed by atoms with Crippen molar-refractivity contribution < 1.29 is 17.6 Å². The lowest BCUT2D eigenvalue weighted by Crippen LogP contribution is -2.25. The highest BCUT2D eigenvalue weighted by molar-refractivity contribution is 7.92. The van der Waals surface area contributed by atoms with Crippen LogP contribution < -0.4 is 9.62 Å². The molecule has 5 rings (SSSR count). The summed E-state index contributed by atoms with van der Waals surface area (Å²) < 4.78 is 40.9. The summed E-state index contributed by atoms with van der Waals surface area (Å²) in [5, 5.41) is 0.781. The predicted molar refractivity (Wildman–Crippen MR) is 118 cm³/mol. The van der Waals surface area contributed by atoms with E-state index >= 15 is 0 Å². The van der Waals surface area contributed by atoms with Gasteiger partial charge in [-0.2, -0.15) is 4.98 Å². The Morgan fingerprint density at radius 3 is 2.56 bits per heavy atom. The molecule has 1 saturated carbocycles. The van der Waals surface area contributed by atoms with Gasteiger partial charge < -0.3 is 4.98 Å². The van der Waals surface area contributed by atoms with Crippen molar-refractivity contribution in [2.75, 3.05) is 9.62 Å². The molecule has 162 valence electrons. The molecule has 0 radical (unpaired) electrons. The highest BCUT2D eigenvalue weighted by Crippen LogP contribution is 2.33. The van der Waals surface area contributed by atoms with Crippen molar-refractivity contribution in [3.63, 3.8) is 0 Å². The van der Waals surface area contributed by atoms with Crippen LogP contribution in [0.4, 0.5) is 16.0 Å². The topological polar surface area (TPSA) is 108 Å². The Kier molecular flexibility index (Phi) is 4.86. The maximum Gasteiger partial charge on any atom is 0.261 e. The van der Waals surface area contributed by atoms with E-state index in [1.807, 2.05) is 6.07 Å². The summed E-state index contributed by atoms with van der Waals surface area (Å²) in [6.45, 7) is 0. The Hall–Kier alpha value is -3.79. The van der Waals surface area contributed by atoms with E-state index in [1.165, 1.54) is 23.1 Å². The van der Waals surface area contributed by atoms with Crippen molar-refractivity contribution in [2.24, 2.45) is 0 Å². The van der Waals surface area contributed by atoms with Gasteiger partial charge in [-0.25, -0.2) is 17.8 Å². The molecule has 2 aromatic heterocycles.